The molecule has 1 N–H and O–H groups in total. The fourth-order valence-electron chi connectivity index (χ4n) is 3.10. The van der Waals surface area contributed by atoms with Gasteiger partial charge in [0.1, 0.15) is 5.82 Å². The van der Waals surface area contributed by atoms with Gasteiger partial charge in [0.25, 0.3) is 0 Å². The normalized spacial score (nSPS) is 27.1. The highest BCUT2D eigenvalue weighted by atomic mass is 32.2. The van der Waals surface area contributed by atoms with Crippen LogP contribution in [-0.2, 0) is 14.6 Å². The molecule has 0 aromatic carbocycles. The van der Waals surface area contributed by atoms with Crippen molar-refractivity contribution in [3.8, 4) is 0 Å². The molecule has 1 saturated heterocycles. The average molecular weight is 371 g/mol. The maximum absolute atomic E-state index is 12.4. The van der Waals surface area contributed by atoms with Gasteiger partial charge in [0.15, 0.2) is 15.0 Å². The van der Waals surface area contributed by atoms with Gasteiger partial charge in [-0.1, -0.05) is 11.8 Å². The van der Waals surface area contributed by atoms with E-state index in [1.54, 1.807) is 0 Å². The maximum atomic E-state index is 12.4. The highest BCUT2D eigenvalue weighted by Crippen LogP contribution is 2.46. The molecule has 2 saturated carbocycles. The van der Waals surface area contributed by atoms with Crippen molar-refractivity contribution in [3.63, 3.8) is 0 Å². The molecule has 132 valence electrons. The standard InChI is InChI=1S/C15H22N4O3S2/c1-9(14(20)16-11-6-7-24(21,22)8-11)23-15-18-17-13(10-2-3-10)19(15)12-4-5-12/h9-12H,2-8H2,1H3,(H,16,20)/t9-,11-/m0/s1. The van der Waals surface area contributed by atoms with Crippen LogP contribution in [-0.4, -0.2) is 51.9 Å². The first kappa shape index (κ1) is 16.4. The summed E-state index contributed by atoms with van der Waals surface area (Å²) in [5, 5.41) is 12.0. The summed E-state index contributed by atoms with van der Waals surface area (Å²) in [6.45, 7) is 1.84. The molecule has 4 rings (SSSR count). The Labute approximate surface area is 145 Å². The summed E-state index contributed by atoms with van der Waals surface area (Å²) < 4.78 is 25.2. The highest BCUT2D eigenvalue weighted by Gasteiger charge is 2.37. The van der Waals surface area contributed by atoms with E-state index in [4.69, 9.17) is 0 Å². The van der Waals surface area contributed by atoms with Gasteiger partial charge in [-0.3, -0.25) is 4.79 Å². The van der Waals surface area contributed by atoms with E-state index < -0.39 is 9.84 Å². The summed E-state index contributed by atoms with van der Waals surface area (Å²) in [7, 11) is -2.98. The molecule has 24 heavy (non-hydrogen) atoms. The molecule has 7 nitrogen and oxygen atoms in total. The molecule has 2 atom stereocenters. The third-order valence-electron chi connectivity index (χ3n) is 4.78. The fraction of sp³-hybridized carbons (Fsp3) is 0.800. The Morgan fingerprint density at radius 3 is 2.58 bits per heavy atom. The largest absolute Gasteiger partial charge is 0.351 e. The van der Waals surface area contributed by atoms with E-state index in [-0.39, 0.29) is 28.7 Å². The van der Waals surface area contributed by atoms with Gasteiger partial charge in [-0.05, 0) is 39.0 Å². The van der Waals surface area contributed by atoms with Gasteiger partial charge in [-0.15, -0.1) is 10.2 Å². The van der Waals surface area contributed by atoms with Crippen molar-refractivity contribution in [2.45, 2.75) is 67.4 Å². The fourth-order valence-corrected chi connectivity index (χ4v) is 5.71. The first-order chi connectivity index (χ1) is 11.4. The second-order valence-corrected chi connectivity index (χ2v) is 10.6. The zero-order valence-electron chi connectivity index (χ0n) is 13.6. The topological polar surface area (TPSA) is 93.9 Å². The van der Waals surface area contributed by atoms with Gasteiger partial charge < -0.3 is 9.88 Å². The molecule has 1 aromatic heterocycles. The molecule has 2 aliphatic carbocycles. The number of nitrogens with one attached hydrogen (secondary N) is 1. The smallest absolute Gasteiger partial charge is 0.233 e. The second kappa shape index (κ2) is 6.01. The van der Waals surface area contributed by atoms with Crippen molar-refractivity contribution in [1.29, 1.82) is 0 Å². The number of hydrogen-bond donors (Lipinski definition) is 1. The number of carbonyl (C=O) groups excluding carboxylic acids is 1. The minimum atomic E-state index is -2.98. The Hall–Kier alpha value is -1.09. The van der Waals surface area contributed by atoms with Gasteiger partial charge >= 0.3 is 0 Å². The number of sulfone groups is 1. The van der Waals surface area contributed by atoms with Gasteiger partial charge in [-0.25, -0.2) is 8.42 Å². The minimum absolute atomic E-state index is 0.0558. The Morgan fingerprint density at radius 1 is 1.25 bits per heavy atom. The van der Waals surface area contributed by atoms with E-state index in [0.717, 1.165) is 23.8 Å². The third-order valence-corrected chi connectivity index (χ3v) is 7.60. The van der Waals surface area contributed by atoms with Crippen LogP contribution in [0, 0.1) is 0 Å². The van der Waals surface area contributed by atoms with Crippen molar-refractivity contribution in [3.05, 3.63) is 5.82 Å². The van der Waals surface area contributed by atoms with Gasteiger partial charge in [0.05, 0.1) is 16.8 Å². The van der Waals surface area contributed by atoms with Crippen LogP contribution in [0.15, 0.2) is 5.16 Å². The van der Waals surface area contributed by atoms with E-state index in [1.165, 1.54) is 24.6 Å². The molecule has 1 aliphatic heterocycles. The molecule has 0 spiro atoms. The number of rotatable bonds is 6. The molecule has 0 radical (unpaired) electrons. The zero-order chi connectivity index (χ0) is 16.9. The molecule has 3 aliphatic rings. The Kier molecular flexibility index (Phi) is 4.11. The average Bonchev–Trinajstić information content (AvgIpc) is 3.44. The van der Waals surface area contributed by atoms with E-state index in [0.29, 0.717) is 18.4 Å². The predicted molar refractivity (Wildman–Crippen MR) is 90.8 cm³/mol. The summed E-state index contributed by atoms with van der Waals surface area (Å²) in [5.74, 6) is 1.72. The molecule has 2 heterocycles. The summed E-state index contributed by atoms with van der Waals surface area (Å²) in [4.78, 5) is 12.4. The number of amides is 1. The van der Waals surface area contributed by atoms with Crippen LogP contribution >= 0.6 is 11.8 Å². The number of nitrogens with zero attached hydrogens (tertiary/aromatic N) is 3. The van der Waals surface area contributed by atoms with Crippen molar-refractivity contribution >= 4 is 27.5 Å². The summed E-state index contributed by atoms with van der Waals surface area (Å²) in [6, 6.07) is 0.238. The predicted octanol–water partition coefficient (Wildman–Crippen LogP) is 1.27. The van der Waals surface area contributed by atoms with E-state index >= 15 is 0 Å². The first-order valence-corrected chi connectivity index (χ1v) is 11.3. The van der Waals surface area contributed by atoms with E-state index in [1.807, 2.05) is 6.92 Å². The Morgan fingerprint density at radius 2 is 2.00 bits per heavy atom. The molecular formula is C15H22N4O3S2. The molecule has 9 heteroatoms. The molecule has 0 bridgehead atoms. The molecule has 1 aromatic rings. The second-order valence-electron chi connectivity index (χ2n) is 7.08. The monoisotopic (exact) mass is 370 g/mol. The van der Waals surface area contributed by atoms with Crippen LogP contribution in [0.4, 0.5) is 0 Å². The van der Waals surface area contributed by atoms with Gasteiger partial charge in [0, 0.05) is 18.0 Å². The number of thioether (sulfide) groups is 1. The van der Waals surface area contributed by atoms with Crippen LogP contribution < -0.4 is 5.32 Å². The van der Waals surface area contributed by atoms with Crippen LogP contribution in [0.3, 0.4) is 0 Å². The van der Waals surface area contributed by atoms with Crippen LogP contribution in [0.5, 0.6) is 0 Å². The molecule has 3 fully saturated rings. The van der Waals surface area contributed by atoms with Crippen molar-refractivity contribution in [2.75, 3.05) is 11.5 Å². The minimum Gasteiger partial charge on any atom is -0.351 e. The lowest BCUT2D eigenvalue weighted by molar-refractivity contribution is -0.120. The van der Waals surface area contributed by atoms with Crippen LogP contribution in [0.25, 0.3) is 0 Å². The quantitative estimate of drug-likeness (QED) is 0.758. The summed E-state index contributed by atoms with van der Waals surface area (Å²) in [6.07, 6.45) is 5.19. The van der Waals surface area contributed by atoms with E-state index in [2.05, 4.69) is 20.1 Å². The number of hydrogen-bond acceptors (Lipinski definition) is 6. The number of carbonyl (C=O) groups is 1. The van der Waals surface area contributed by atoms with E-state index in [9.17, 15) is 13.2 Å². The van der Waals surface area contributed by atoms with Crippen LogP contribution in [0.2, 0.25) is 0 Å². The molecular weight excluding hydrogens is 348 g/mol. The van der Waals surface area contributed by atoms with Gasteiger partial charge in [-0.2, -0.15) is 0 Å². The SMILES string of the molecule is C[C@H](Sc1nnc(C2CC2)n1C1CC1)C(=O)N[C@H]1CCS(=O)(=O)C1. The van der Waals surface area contributed by atoms with Crippen molar-refractivity contribution < 1.29 is 13.2 Å². The van der Waals surface area contributed by atoms with Crippen molar-refractivity contribution in [2.24, 2.45) is 0 Å². The summed E-state index contributed by atoms with van der Waals surface area (Å²) in [5.41, 5.74) is 0. The highest BCUT2D eigenvalue weighted by molar-refractivity contribution is 8.00. The Bertz CT molecular complexity index is 753. The maximum Gasteiger partial charge on any atom is 0.233 e. The molecule has 0 unspecified atom stereocenters. The molecule has 1 amide bonds. The lowest BCUT2D eigenvalue weighted by atomic mass is 10.2. The Balaban J connectivity index is 1.40. The van der Waals surface area contributed by atoms with Crippen LogP contribution in [0.1, 0.15) is 56.8 Å². The summed E-state index contributed by atoms with van der Waals surface area (Å²) >= 11 is 1.42. The first-order valence-electron chi connectivity index (χ1n) is 8.55. The lowest BCUT2D eigenvalue weighted by Gasteiger charge is -2.16. The third kappa shape index (κ3) is 3.46. The zero-order valence-corrected chi connectivity index (χ0v) is 15.3. The number of aromatic nitrogens is 3. The van der Waals surface area contributed by atoms with Crippen molar-refractivity contribution in [1.82, 2.24) is 20.1 Å². The van der Waals surface area contributed by atoms with Gasteiger partial charge in [0.2, 0.25) is 5.91 Å². The lowest BCUT2D eigenvalue weighted by Crippen LogP contribution is -2.40.